The fraction of sp³-hybridized carbons (Fsp3) is 0.538. The van der Waals surface area contributed by atoms with E-state index in [-0.39, 0.29) is 5.97 Å². The maximum absolute atomic E-state index is 10.3. The van der Waals surface area contributed by atoms with Crippen LogP contribution in [-0.4, -0.2) is 70.5 Å². The number of hydrogen-bond donors (Lipinski definition) is 5. The number of ether oxygens (including phenoxy) is 1. The van der Waals surface area contributed by atoms with Crippen LogP contribution in [0.2, 0.25) is 0 Å². The van der Waals surface area contributed by atoms with Gasteiger partial charge >= 0.3 is 11.9 Å². The zero-order chi connectivity index (χ0) is 16.9. The number of aliphatic carboxylic acids is 1. The quantitative estimate of drug-likeness (QED) is 0.311. The largest absolute Gasteiger partial charge is 0.478 e. The van der Waals surface area contributed by atoms with Crippen LogP contribution in [0.1, 0.15) is 6.42 Å². The lowest BCUT2D eigenvalue weighted by atomic mass is 9.93. The molecule has 1 saturated heterocycles. The number of hydrogen-bond acceptors (Lipinski definition) is 7. The van der Waals surface area contributed by atoms with Crippen LogP contribution in [0, 0.1) is 5.41 Å². The highest BCUT2D eigenvalue weighted by atomic mass is 16.5. The van der Waals surface area contributed by atoms with E-state index in [0.717, 1.165) is 6.08 Å². The van der Waals surface area contributed by atoms with Crippen LogP contribution in [0.25, 0.3) is 0 Å². The zero-order valence-electron chi connectivity index (χ0n) is 11.7. The third kappa shape index (κ3) is 9.74. The lowest BCUT2D eigenvalue weighted by Crippen LogP contribution is -2.37. The second-order valence-electron chi connectivity index (χ2n) is 4.16. The number of carbonyl (C=O) groups is 2. The van der Waals surface area contributed by atoms with E-state index in [4.69, 9.17) is 25.5 Å². The van der Waals surface area contributed by atoms with Gasteiger partial charge in [-0.05, 0) is 0 Å². The van der Waals surface area contributed by atoms with Crippen molar-refractivity contribution in [3.05, 3.63) is 24.8 Å². The van der Waals surface area contributed by atoms with Crippen LogP contribution in [0.5, 0.6) is 0 Å². The predicted octanol–water partition coefficient (Wildman–Crippen LogP) is -1.31. The lowest BCUT2D eigenvalue weighted by molar-refractivity contribution is -0.135. The van der Waals surface area contributed by atoms with Crippen LogP contribution in [0.3, 0.4) is 0 Å². The Hall–Kier alpha value is -1.74. The summed E-state index contributed by atoms with van der Waals surface area (Å²) in [5.41, 5.74) is -0.514. The fourth-order valence-corrected chi connectivity index (χ4v) is 0.771. The van der Waals surface area contributed by atoms with Crippen LogP contribution < -0.4 is 0 Å². The average molecular weight is 306 g/mol. The van der Waals surface area contributed by atoms with Crippen molar-refractivity contribution >= 4 is 11.9 Å². The Balaban J connectivity index is 0. The van der Waals surface area contributed by atoms with Gasteiger partial charge in [-0.2, -0.15) is 0 Å². The number of carboxylic acid groups (broad SMARTS) is 1. The number of aliphatic hydroxyl groups excluding tert-OH is 4. The summed E-state index contributed by atoms with van der Waals surface area (Å²) in [7, 11) is 0. The predicted molar refractivity (Wildman–Crippen MR) is 73.3 cm³/mol. The lowest BCUT2D eigenvalue weighted by Gasteiger charge is -2.23. The van der Waals surface area contributed by atoms with Crippen molar-refractivity contribution in [3.63, 3.8) is 0 Å². The van der Waals surface area contributed by atoms with Gasteiger partial charge in [0.05, 0.1) is 38.4 Å². The van der Waals surface area contributed by atoms with E-state index in [1.165, 1.54) is 0 Å². The van der Waals surface area contributed by atoms with E-state index in [1.54, 1.807) is 0 Å². The minimum absolute atomic E-state index is 0.236. The standard InChI is InChI=1S/C5H12O4.C5H6O2.C3H4O2/c6-1-5(2-7,3-8)4-9;1-4-2-3-7-5(4)6;1-2-3(4)5/h6-9H,1-4H2;1-3H2;2H,1H2,(H,4,5). The highest BCUT2D eigenvalue weighted by molar-refractivity contribution is 5.89. The molecule has 0 radical (unpaired) electrons. The third-order valence-corrected chi connectivity index (χ3v) is 2.44. The van der Waals surface area contributed by atoms with Crippen LogP contribution in [-0.2, 0) is 14.3 Å². The van der Waals surface area contributed by atoms with Crippen molar-refractivity contribution < 1.29 is 39.9 Å². The van der Waals surface area contributed by atoms with E-state index in [1.807, 2.05) is 0 Å². The minimum atomic E-state index is -1.11. The smallest absolute Gasteiger partial charge is 0.333 e. The first kappa shape index (κ1) is 21.6. The molecule has 1 heterocycles. The summed E-state index contributed by atoms with van der Waals surface area (Å²) in [5.74, 6) is -1.22. The van der Waals surface area contributed by atoms with E-state index in [9.17, 15) is 9.59 Å². The molecule has 0 bridgehead atoms. The molecule has 21 heavy (non-hydrogen) atoms. The maximum Gasteiger partial charge on any atom is 0.333 e. The van der Waals surface area contributed by atoms with E-state index in [0.29, 0.717) is 18.6 Å². The van der Waals surface area contributed by atoms with Gasteiger partial charge in [0.15, 0.2) is 0 Å². The van der Waals surface area contributed by atoms with Gasteiger partial charge in [-0.3, -0.25) is 0 Å². The number of carbonyl (C=O) groups excluding carboxylic acids is 1. The van der Waals surface area contributed by atoms with Crippen molar-refractivity contribution in [3.8, 4) is 0 Å². The van der Waals surface area contributed by atoms with Gasteiger partial charge in [0, 0.05) is 18.1 Å². The highest BCUT2D eigenvalue weighted by Gasteiger charge is 2.26. The molecule has 0 aromatic rings. The average Bonchev–Trinajstić information content (AvgIpc) is 2.87. The second-order valence-corrected chi connectivity index (χ2v) is 4.16. The Bertz CT molecular complexity index is 315. The Morgan fingerprint density at radius 1 is 1.19 bits per heavy atom. The molecule has 5 N–H and O–H groups in total. The summed E-state index contributed by atoms with van der Waals surface area (Å²) in [6.45, 7) is 5.32. The number of aliphatic hydroxyl groups is 4. The molecular formula is C13H22O8. The minimum Gasteiger partial charge on any atom is -0.478 e. The Kier molecular flexibility index (Phi) is 12.4. The van der Waals surface area contributed by atoms with Gasteiger partial charge < -0.3 is 30.3 Å². The molecular weight excluding hydrogens is 284 g/mol. The molecule has 1 aliphatic heterocycles. The summed E-state index contributed by atoms with van der Waals surface area (Å²) in [6.07, 6.45) is 1.54. The number of carboxylic acids is 1. The van der Waals surface area contributed by atoms with Crippen molar-refractivity contribution in [2.45, 2.75) is 6.42 Å². The molecule has 0 aromatic heterocycles. The molecule has 1 fully saturated rings. The van der Waals surface area contributed by atoms with Crippen LogP contribution >= 0.6 is 0 Å². The molecule has 122 valence electrons. The van der Waals surface area contributed by atoms with Crippen molar-refractivity contribution in [1.82, 2.24) is 0 Å². The van der Waals surface area contributed by atoms with Gasteiger partial charge in [0.25, 0.3) is 0 Å². The molecule has 0 aliphatic carbocycles. The Morgan fingerprint density at radius 2 is 1.57 bits per heavy atom. The van der Waals surface area contributed by atoms with Crippen LogP contribution in [0.4, 0.5) is 0 Å². The molecule has 1 aliphatic rings. The molecule has 1 rings (SSSR count). The van der Waals surface area contributed by atoms with Gasteiger partial charge in [0.2, 0.25) is 0 Å². The normalized spacial score (nSPS) is 13.3. The van der Waals surface area contributed by atoms with Gasteiger partial charge in [0.1, 0.15) is 0 Å². The Labute approximate surface area is 122 Å². The fourth-order valence-electron chi connectivity index (χ4n) is 0.771. The first-order valence-electron chi connectivity index (χ1n) is 5.96. The third-order valence-electron chi connectivity index (χ3n) is 2.44. The molecule has 0 saturated carbocycles. The first-order chi connectivity index (χ1) is 9.82. The first-order valence-corrected chi connectivity index (χ1v) is 5.96. The van der Waals surface area contributed by atoms with Gasteiger partial charge in [-0.25, -0.2) is 9.59 Å². The molecule has 0 atom stereocenters. The zero-order valence-corrected chi connectivity index (χ0v) is 11.7. The van der Waals surface area contributed by atoms with E-state index < -0.39 is 37.8 Å². The number of rotatable bonds is 5. The van der Waals surface area contributed by atoms with Crippen molar-refractivity contribution in [1.29, 1.82) is 0 Å². The summed E-state index contributed by atoms with van der Waals surface area (Å²) in [5, 5.41) is 41.6. The monoisotopic (exact) mass is 306 g/mol. The summed E-state index contributed by atoms with van der Waals surface area (Å²) >= 11 is 0. The molecule has 8 nitrogen and oxygen atoms in total. The summed E-state index contributed by atoms with van der Waals surface area (Å²) in [4.78, 5) is 19.5. The van der Waals surface area contributed by atoms with E-state index in [2.05, 4.69) is 17.9 Å². The van der Waals surface area contributed by atoms with Gasteiger partial charge in [-0.15, -0.1) is 0 Å². The summed E-state index contributed by atoms with van der Waals surface area (Å²) in [6, 6.07) is 0. The Morgan fingerprint density at radius 3 is 1.62 bits per heavy atom. The topological polar surface area (TPSA) is 145 Å². The maximum atomic E-state index is 10.3. The number of esters is 1. The summed E-state index contributed by atoms with van der Waals surface area (Å²) < 4.78 is 4.53. The van der Waals surface area contributed by atoms with Gasteiger partial charge in [-0.1, -0.05) is 13.2 Å². The highest BCUT2D eigenvalue weighted by Crippen LogP contribution is 2.11. The van der Waals surface area contributed by atoms with Crippen molar-refractivity contribution in [2.75, 3.05) is 33.0 Å². The molecule has 0 unspecified atom stereocenters. The second kappa shape index (κ2) is 12.0. The molecule has 8 heteroatoms. The van der Waals surface area contributed by atoms with Crippen molar-refractivity contribution in [2.24, 2.45) is 5.41 Å². The van der Waals surface area contributed by atoms with Crippen LogP contribution in [0.15, 0.2) is 24.8 Å². The van der Waals surface area contributed by atoms with E-state index >= 15 is 0 Å². The molecule has 0 aromatic carbocycles. The molecule has 0 spiro atoms. The molecule has 0 amide bonds. The number of cyclic esters (lactones) is 1. The SMILES string of the molecule is C=C1CCOC1=O.C=CC(=O)O.OCC(CO)(CO)CO.